The summed E-state index contributed by atoms with van der Waals surface area (Å²) in [7, 11) is 0. The van der Waals surface area contributed by atoms with Gasteiger partial charge in [0.2, 0.25) is 0 Å². The van der Waals surface area contributed by atoms with Gasteiger partial charge in [0.15, 0.2) is 0 Å². The van der Waals surface area contributed by atoms with Gasteiger partial charge in [0.25, 0.3) is 0 Å². The first-order valence-electron chi connectivity index (χ1n) is 4.55. The molecular formula is C10H15Br2ClN2. The van der Waals surface area contributed by atoms with Gasteiger partial charge in [0.05, 0.1) is 0 Å². The number of hydrogen-bond donors (Lipinski definition) is 2. The lowest BCUT2D eigenvalue weighted by Gasteiger charge is -2.12. The molecule has 5 heteroatoms. The van der Waals surface area contributed by atoms with E-state index >= 15 is 0 Å². The lowest BCUT2D eigenvalue weighted by Crippen LogP contribution is -2.12. The van der Waals surface area contributed by atoms with Gasteiger partial charge in [0, 0.05) is 15.0 Å². The van der Waals surface area contributed by atoms with E-state index in [2.05, 4.69) is 31.9 Å². The summed E-state index contributed by atoms with van der Waals surface area (Å²) in [6.45, 7) is 0.700. The van der Waals surface area contributed by atoms with Gasteiger partial charge in [-0.2, -0.15) is 0 Å². The molecule has 86 valence electrons. The van der Waals surface area contributed by atoms with Gasteiger partial charge in [0.1, 0.15) is 0 Å². The summed E-state index contributed by atoms with van der Waals surface area (Å²) in [6.07, 6.45) is 1.90. The quantitative estimate of drug-likeness (QED) is 0.867. The second-order valence-corrected chi connectivity index (χ2v) is 4.92. The molecule has 15 heavy (non-hydrogen) atoms. The number of nitrogens with two attached hydrogens (primary N) is 2. The minimum Gasteiger partial charge on any atom is -0.330 e. The molecule has 0 unspecified atom stereocenters. The van der Waals surface area contributed by atoms with Gasteiger partial charge in [-0.25, -0.2) is 0 Å². The van der Waals surface area contributed by atoms with Gasteiger partial charge in [-0.15, -0.1) is 12.4 Å². The Hall–Kier alpha value is 0.390. The molecule has 0 aliphatic heterocycles. The van der Waals surface area contributed by atoms with E-state index in [9.17, 15) is 0 Å². The maximum atomic E-state index is 6.01. The van der Waals surface area contributed by atoms with Crippen molar-refractivity contribution in [2.75, 3.05) is 6.54 Å². The van der Waals surface area contributed by atoms with Crippen molar-refractivity contribution in [2.45, 2.75) is 18.9 Å². The van der Waals surface area contributed by atoms with Crippen LogP contribution in [0.3, 0.4) is 0 Å². The molecule has 1 atom stereocenters. The molecule has 1 aromatic rings. The predicted molar refractivity (Wildman–Crippen MR) is 74.3 cm³/mol. The van der Waals surface area contributed by atoms with Crippen LogP contribution in [0, 0.1) is 0 Å². The molecule has 0 saturated heterocycles. The van der Waals surface area contributed by atoms with Crippen LogP contribution in [0.2, 0.25) is 0 Å². The summed E-state index contributed by atoms with van der Waals surface area (Å²) in [5, 5.41) is 0. The molecule has 0 spiro atoms. The number of benzene rings is 1. The lowest BCUT2D eigenvalue weighted by molar-refractivity contribution is 0.617. The van der Waals surface area contributed by atoms with Crippen molar-refractivity contribution in [3.63, 3.8) is 0 Å². The Bertz CT molecular complexity index is 307. The highest BCUT2D eigenvalue weighted by molar-refractivity contribution is 9.13. The molecule has 0 fully saturated rings. The molecule has 0 saturated carbocycles. The molecule has 0 radical (unpaired) electrons. The highest BCUT2D eigenvalue weighted by Gasteiger charge is 2.06. The highest BCUT2D eigenvalue weighted by Crippen LogP contribution is 2.26. The first-order valence-corrected chi connectivity index (χ1v) is 6.14. The summed E-state index contributed by atoms with van der Waals surface area (Å²) < 4.78 is 2.09. The zero-order valence-corrected chi connectivity index (χ0v) is 12.2. The minimum absolute atomic E-state index is 0. The van der Waals surface area contributed by atoms with Crippen LogP contribution in [0.1, 0.15) is 24.4 Å². The Kier molecular flexibility index (Phi) is 7.83. The smallest absolute Gasteiger partial charge is 0.0320 e. The molecule has 1 rings (SSSR count). The second kappa shape index (κ2) is 7.63. The average molecular weight is 359 g/mol. The first-order chi connectivity index (χ1) is 6.65. The van der Waals surface area contributed by atoms with Crippen LogP contribution in [0.5, 0.6) is 0 Å². The SMILES string of the molecule is Cl.NCCC[C@H](N)c1ccc(Br)c(Br)c1. The van der Waals surface area contributed by atoms with Crippen molar-refractivity contribution in [3.05, 3.63) is 32.7 Å². The molecular weight excluding hydrogens is 343 g/mol. The van der Waals surface area contributed by atoms with Crippen LogP contribution < -0.4 is 11.5 Å². The Morgan fingerprint density at radius 1 is 1.20 bits per heavy atom. The van der Waals surface area contributed by atoms with E-state index in [0.717, 1.165) is 27.4 Å². The fourth-order valence-corrected chi connectivity index (χ4v) is 1.89. The van der Waals surface area contributed by atoms with E-state index in [-0.39, 0.29) is 18.4 Å². The minimum atomic E-state index is 0. The molecule has 0 bridgehead atoms. The Morgan fingerprint density at radius 3 is 2.40 bits per heavy atom. The summed E-state index contributed by atoms with van der Waals surface area (Å²) in [6, 6.07) is 6.17. The normalized spacial score (nSPS) is 12.0. The van der Waals surface area contributed by atoms with Gasteiger partial charge < -0.3 is 11.5 Å². The molecule has 0 heterocycles. The maximum Gasteiger partial charge on any atom is 0.0320 e. The molecule has 1 aromatic carbocycles. The Balaban J connectivity index is 0.00000196. The van der Waals surface area contributed by atoms with Crippen LogP contribution in [-0.4, -0.2) is 6.54 Å². The van der Waals surface area contributed by atoms with Gasteiger partial charge in [-0.3, -0.25) is 0 Å². The molecule has 2 nitrogen and oxygen atoms in total. The van der Waals surface area contributed by atoms with Crippen LogP contribution >= 0.6 is 44.3 Å². The summed E-state index contributed by atoms with van der Waals surface area (Å²) in [4.78, 5) is 0. The number of hydrogen-bond acceptors (Lipinski definition) is 2. The topological polar surface area (TPSA) is 52.0 Å². The van der Waals surface area contributed by atoms with Crippen molar-refractivity contribution in [1.82, 2.24) is 0 Å². The predicted octanol–water partition coefficient (Wildman–Crippen LogP) is 3.37. The zero-order valence-electron chi connectivity index (χ0n) is 8.25. The van der Waals surface area contributed by atoms with E-state index in [1.807, 2.05) is 18.2 Å². The maximum absolute atomic E-state index is 6.01. The molecule has 0 aliphatic carbocycles. The molecule has 0 aromatic heterocycles. The third-order valence-corrected chi connectivity index (χ3v) is 3.97. The van der Waals surface area contributed by atoms with Crippen molar-refractivity contribution in [1.29, 1.82) is 0 Å². The molecule has 4 N–H and O–H groups in total. The van der Waals surface area contributed by atoms with E-state index in [0.29, 0.717) is 6.54 Å². The Labute approximate surface area is 113 Å². The third kappa shape index (κ3) is 4.83. The summed E-state index contributed by atoms with van der Waals surface area (Å²) in [5.41, 5.74) is 12.6. The zero-order chi connectivity index (χ0) is 10.6. The van der Waals surface area contributed by atoms with E-state index in [1.165, 1.54) is 0 Å². The number of rotatable bonds is 4. The fourth-order valence-electron chi connectivity index (χ4n) is 1.25. The largest absolute Gasteiger partial charge is 0.330 e. The number of halogens is 3. The highest BCUT2D eigenvalue weighted by atomic mass is 79.9. The molecule has 0 aliphatic rings. The van der Waals surface area contributed by atoms with Gasteiger partial charge in [-0.1, -0.05) is 6.07 Å². The first kappa shape index (κ1) is 15.4. The lowest BCUT2D eigenvalue weighted by atomic mass is 10.0. The van der Waals surface area contributed by atoms with E-state index in [4.69, 9.17) is 11.5 Å². The van der Waals surface area contributed by atoms with Crippen molar-refractivity contribution >= 4 is 44.3 Å². The average Bonchev–Trinajstić information content (AvgIpc) is 2.18. The van der Waals surface area contributed by atoms with E-state index < -0.39 is 0 Å². The summed E-state index contributed by atoms with van der Waals surface area (Å²) >= 11 is 6.88. The Morgan fingerprint density at radius 2 is 1.87 bits per heavy atom. The van der Waals surface area contributed by atoms with Crippen LogP contribution in [-0.2, 0) is 0 Å². The van der Waals surface area contributed by atoms with Crippen molar-refractivity contribution < 1.29 is 0 Å². The van der Waals surface area contributed by atoms with Crippen LogP contribution in [0.15, 0.2) is 27.1 Å². The van der Waals surface area contributed by atoms with Crippen LogP contribution in [0.4, 0.5) is 0 Å². The van der Waals surface area contributed by atoms with Gasteiger partial charge in [-0.05, 0) is 68.9 Å². The standard InChI is InChI=1S/C10H14Br2N2.ClH/c11-8-4-3-7(6-9(8)12)10(14)2-1-5-13;/h3-4,6,10H,1-2,5,13-14H2;1H/t10-;/m0./s1. The van der Waals surface area contributed by atoms with Gasteiger partial charge >= 0.3 is 0 Å². The third-order valence-electron chi connectivity index (χ3n) is 2.09. The summed E-state index contributed by atoms with van der Waals surface area (Å²) in [5.74, 6) is 0. The molecule has 0 amide bonds. The van der Waals surface area contributed by atoms with Crippen molar-refractivity contribution in [3.8, 4) is 0 Å². The fraction of sp³-hybridized carbons (Fsp3) is 0.400. The van der Waals surface area contributed by atoms with E-state index in [1.54, 1.807) is 0 Å². The van der Waals surface area contributed by atoms with Crippen molar-refractivity contribution in [2.24, 2.45) is 11.5 Å². The van der Waals surface area contributed by atoms with Crippen LogP contribution in [0.25, 0.3) is 0 Å². The monoisotopic (exact) mass is 356 g/mol. The second-order valence-electron chi connectivity index (χ2n) is 3.21.